The van der Waals surface area contributed by atoms with Crippen LogP contribution in [-0.2, 0) is 13.1 Å². The molecule has 1 atom stereocenters. The monoisotopic (exact) mass is 309 g/mol. The van der Waals surface area contributed by atoms with E-state index in [0.29, 0.717) is 12.4 Å². The van der Waals surface area contributed by atoms with Crippen LogP contribution in [0.1, 0.15) is 22.6 Å². The molecule has 0 fully saturated rings. The van der Waals surface area contributed by atoms with Gasteiger partial charge in [0.2, 0.25) is 0 Å². The predicted octanol–water partition coefficient (Wildman–Crippen LogP) is 1.45. The van der Waals surface area contributed by atoms with Crippen LogP contribution < -0.4 is 11.1 Å². The summed E-state index contributed by atoms with van der Waals surface area (Å²) in [6, 6.07) is 7.93. The number of aromatic nitrogens is 3. The summed E-state index contributed by atoms with van der Waals surface area (Å²) >= 11 is 0. The number of hydrogen-bond acceptors (Lipinski definition) is 5. The number of aryl methyl sites for hydroxylation is 2. The van der Waals surface area contributed by atoms with Crippen LogP contribution in [0.25, 0.3) is 0 Å². The molecule has 1 aliphatic rings. The van der Waals surface area contributed by atoms with Crippen molar-refractivity contribution in [2.45, 2.75) is 39.4 Å². The smallest absolute Gasteiger partial charge is 0.181 e. The molecule has 0 saturated heterocycles. The van der Waals surface area contributed by atoms with Gasteiger partial charge >= 0.3 is 0 Å². The first-order valence-corrected chi connectivity index (χ1v) is 7.41. The number of fused-ring (bicyclic) bond motifs is 1. The maximum Gasteiger partial charge on any atom is 0.181 e. The van der Waals surface area contributed by atoms with Gasteiger partial charge in [-0.05, 0) is 32.9 Å². The van der Waals surface area contributed by atoms with E-state index in [1.807, 2.05) is 39.0 Å². The fourth-order valence-electron chi connectivity index (χ4n) is 2.60. The van der Waals surface area contributed by atoms with Gasteiger partial charge in [-0.15, -0.1) is 0 Å². The normalized spacial score (nSPS) is 21.6. The SMILES string of the molecule is Cc1cccc(CN=C2Nc3c(C)c(C)nn3CC2(N)C#N)n1. The molecule has 7 heteroatoms. The topological polar surface area (TPSA) is 105 Å². The zero-order valence-electron chi connectivity index (χ0n) is 13.5. The van der Waals surface area contributed by atoms with Crippen molar-refractivity contribution in [3.05, 3.63) is 40.8 Å². The average Bonchev–Trinajstić information content (AvgIpc) is 2.79. The van der Waals surface area contributed by atoms with Crippen molar-refractivity contribution in [1.82, 2.24) is 14.8 Å². The third kappa shape index (κ3) is 2.69. The van der Waals surface area contributed by atoms with Crippen molar-refractivity contribution >= 4 is 11.7 Å². The van der Waals surface area contributed by atoms with E-state index >= 15 is 0 Å². The van der Waals surface area contributed by atoms with Crippen LogP contribution in [0.15, 0.2) is 23.2 Å². The molecule has 1 unspecified atom stereocenters. The molecule has 0 saturated carbocycles. The molecule has 0 amide bonds. The number of pyridine rings is 1. The Morgan fingerprint density at radius 1 is 1.43 bits per heavy atom. The first-order valence-electron chi connectivity index (χ1n) is 7.41. The molecule has 7 nitrogen and oxygen atoms in total. The third-order valence-corrected chi connectivity index (χ3v) is 4.03. The second-order valence-corrected chi connectivity index (χ2v) is 5.86. The van der Waals surface area contributed by atoms with Gasteiger partial charge in [0.15, 0.2) is 5.54 Å². The van der Waals surface area contributed by atoms with Crippen molar-refractivity contribution < 1.29 is 0 Å². The lowest BCUT2D eigenvalue weighted by Crippen LogP contribution is -2.56. The predicted molar refractivity (Wildman–Crippen MR) is 88.0 cm³/mol. The summed E-state index contributed by atoms with van der Waals surface area (Å²) in [5, 5.41) is 17.1. The number of nitrogens with two attached hydrogens (primary N) is 1. The molecular formula is C16H19N7. The molecule has 2 aromatic heterocycles. The molecule has 1 aliphatic heterocycles. The van der Waals surface area contributed by atoms with Gasteiger partial charge in [-0.2, -0.15) is 10.4 Å². The van der Waals surface area contributed by atoms with Gasteiger partial charge in [0.1, 0.15) is 11.7 Å². The maximum atomic E-state index is 9.51. The van der Waals surface area contributed by atoms with E-state index in [4.69, 9.17) is 5.73 Å². The van der Waals surface area contributed by atoms with E-state index in [-0.39, 0.29) is 6.54 Å². The van der Waals surface area contributed by atoms with Crippen molar-refractivity contribution in [3.8, 4) is 6.07 Å². The first-order chi connectivity index (χ1) is 10.9. The lowest BCUT2D eigenvalue weighted by Gasteiger charge is -2.30. The van der Waals surface area contributed by atoms with Gasteiger partial charge < -0.3 is 11.1 Å². The summed E-state index contributed by atoms with van der Waals surface area (Å²) in [7, 11) is 0. The van der Waals surface area contributed by atoms with Gasteiger partial charge in [-0.3, -0.25) is 9.98 Å². The van der Waals surface area contributed by atoms with Crippen molar-refractivity contribution in [2.75, 3.05) is 5.32 Å². The highest BCUT2D eigenvalue weighted by Gasteiger charge is 2.38. The zero-order chi connectivity index (χ0) is 16.6. The van der Waals surface area contributed by atoms with E-state index < -0.39 is 5.54 Å². The summed E-state index contributed by atoms with van der Waals surface area (Å²) in [4.78, 5) is 8.94. The number of nitrogens with one attached hydrogen (secondary N) is 1. The minimum Gasteiger partial charge on any atom is -0.326 e. The summed E-state index contributed by atoms with van der Waals surface area (Å²) < 4.78 is 1.73. The van der Waals surface area contributed by atoms with Gasteiger partial charge in [0, 0.05) is 11.3 Å². The Hall–Kier alpha value is -2.72. The van der Waals surface area contributed by atoms with Gasteiger partial charge in [0.05, 0.1) is 30.5 Å². The number of amidine groups is 1. The second kappa shape index (κ2) is 5.48. The molecule has 3 N–H and O–H groups in total. The maximum absolute atomic E-state index is 9.51. The van der Waals surface area contributed by atoms with Crippen molar-refractivity contribution in [1.29, 1.82) is 5.26 Å². The van der Waals surface area contributed by atoms with Crippen LogP contribution >= 0.6 is 0 Å². The lowest BCUT2D eigenvalue weighted by atomic mass is 9.99. The van der Waals surface area contributed by atoms with Gasteiger partial charge in [-0.1, -0.05) is 6.07 Å². The molecule has 23 heavy (non-hydrogen) atoms. The summed E-state index contributed by atoms with van der Waals surface area (Å²) in [5.41, 5.74) is 8.73. The molecule has 3 heterocycles. The van der Waals surface area contributed by atoms with Crippen LogP contribution in [0.4, 0.5) is 5.82 Å². The Balaban J connectivity index is 1.95. The molecule has 0 spiro atoms. The van der Waals surface area contributed by atoms with Crippen LogP contribution in [0.5, 0.6) is 0 Å². The molecule has 0 bridgehead atoms. The van der Waals surface area contributed by atoms with Crippen molar-refractivity contribution in [2.24, 2.45) is 10.7 Å². The van der Waals surface area contributed by atoms with Gasteiger partial charge in [0.25, 0.3) is 0 Å². The number of anilines is 1. The minimum absolute atomic E-state index is 0.278. The van der Waals surface area contributed by atoms with Crippen LogP contribution in [0.3, 0.4) is 0 Å². The Kier molecular flexibility index (Phi) is 3.62. The molecule has 0 aromatic carbocycles. The highest BCUT2D eigenvalue weighted by Crippen LogP contribution is 2.26. The van der Waals surface area contributed by atoms with Crippen LogP contribution in [0.2, 0.25) is 0 Å². The van der Waals surface area contributed by atoms with E-state index in [2.05, 4.69) is 26.5 Å². The van der Waals surface area contributed by atoms with E-state index in [0.717, 1.165) is 28.5 Å². The Labute approximate surface area is 134 Å². The number of nitriles is 1. The number of hydrogen-bond donors (Lipinski definition) is 2. The lowest BCUT2D eigenvalue weighted by molar-refractivity contribution is 0.506. The fraction of sp³-hybridized carbons (Fsp3) is 0.375. The standard InChI is InChI=1S/C16H19N7/c1-10-5-4-6-13(20-10)7-19-15-16(18,8-17)9-23-14(21-15)11(2)12(3)22-23/h4-6H,7,9,18H2,1-3H3,(H,19,21). The molecule has 0 aliphatic carbocycles. The van der Waals surface area contributed by atoms with E-state index in [1.165, 1.54) is 0 Å². The molecule has 3 rings (SSSR count). The average molecular weight is 309 g/mol. The Bertz CT molecular complexity index is 827. The molecule has 0 radical (unpaired) electrons. The third-order valence-electron chi connectivity index (χ3n) is 4.03. The van der Waals surface area contributed by atoms with E-state index in [1.54, 1.807) is 4.68 Å². The number of rotatable bonds is 2. The first kappa shape index (κ1) is 15.2. The Morgan fingerprint density at radius 2 is 2.22 bits per heavy atom. The highest BCUT2D eigenvalue weighted by atomic mass is 15.4. The highest BCUT2D eigenvalue weighted by molar-refractivity contribution is 6.05. The zero-order valence-corrected chi connectivity index (χ0v) is 13.5. The van der Waals surface area contributed by atoms with Gasteiger partial charge in [-0.25, -0.2) is 4.68 Å². The number of aliphatic imine (C=N–C) groups is 1. The number of nitrogens with zero attached hydrogens (tertiary/aromatic N) is 5. The summed E-state index contributed by atoms with van der Waals surface area (Å²) in [5.74, 6) is 1.30. The summed E-state index contributed by atoms with van der Waals surface area (Å²) in [6.07, 6.45) is 0. The minimum atomic E-state index is -1.22. The van der Waals surface area contributed by atoms with E-state index in [9.17, 15) is 5.26 Å². The Morgan fingerprint density at radius 3 is 2.91 bits per heavy atom. The quantitative estimate of drug-likeness (QED) is 0.873. The molecule has 118 valence electrons. The largest absolute Gasteiger partial charge is 0.326 e. The van der Waals surface area contributed by atoms with Crippen molar-refractivity contribution in [3.63, 3.8) is 0 Å². The summed E-state index contributed by atoms with van der Waals surface area (Å²) in [6.45, 7) is 6.50. The van der Waals surface area contributed by atoms with Crippen LogP contribution in [0, 0.1) is 32.1 Å². The van der Waals surface area contributed by atoms with Crippen LogP contribution in [-0.4, -0.2) is 26.1 Å². The molecular weight excluding hydrogens is 290 g/mol. The molecule has 2 aromatic rings. The fourth-order valence-corrected chi connectivity index (χ4v) is 2.60. The second-order valence-electron chi connectivity index (χ2n) is 5.86.